The van der Waals surface area contributed by atoms with Crippen molar-refractivity contribution in [2.24, 2.45) is 0 Å². The second kappa shape index (κ2) is 8.69. The number of carbonyl (C=O) groups is 3. The highest BCUT2D eigenvalue weighted by atomic mass is 16.5. The largest absolute Gasteiger partial charge is 0.494 e. The molecule has 0 atom stereocenters. The Labute approximate surface area is 176 Å². The lowest BCUT2D eigenvalue weighted by Gasteiger charge is -2.25. The van der Waals surface area contributed by atoms with Crippen LogP contribution in [0.4, 0.5) is 5.69 Å². The van der Waals surface area contributed by atoms with Gasteiger partial charge in [-0.15, -0.1) is 0 Å². The second-order valence-corrected chi connectivity index (χ2v) is 7.69. The van der Waals surface area contributed by atoms with Crippen molar-refractivity contribution in [3.8, 4) is 5.75 Å². The Morgan fingerprint density at radius 1 is 0.867 bits per heavy atom. The first kappa shape index (κ1) is 20.1. The Bertz CT molecular complexity index is 960. The summed E-state index contributed by atoms with van der Waals surface area (Å²) in [5.41, 5.74) is 1.56. The molecule has 156 valence electrons. The van der Waals surface area contributed by atoms with Crippen LogP contribution < -0.4 is 9.64 Å². The number of likely N-dealkylation sites (tertiary alicyclic amines) is 1. The summed E-state index contributed by atoms with van der Waals surface area (Å²) in [7, 11) is 0. The molecule has 2 heterocycles. The number of nitrogens with zero attached hydrogens (tertiary/aromatic N) is 2. The highest BCUT2D eigenvalue weighted by molar-refractivity contribution is 6.34. The molecule has 0 saturated carbocycles. The lowest BCUT2D eigenvalue weighted by atomic mass is 10.0. The van der Waals surface area contributed by atoms with Crippen molar-refractivity contribution in [1.82, 2.24) is 4.90 Å². The molecule has 0 N–H and O–H groups in total. The van der Waals surface area contributed by atoms with E-state index in [-0.39, 0.29) is 17.4 Å². The average Bonchev–Trinajstić information content (AvgIpc) is 2.98. The van der Waals surface area contributed by atoms with Gasteiger partial charge < -0.3 is 9.64 Å². The first-order chi connectivity index (χ1) is 14.6. The number of carbonyl (C=O) groups excluding carboxylic acids is 3. The van der Waals surface area contributed by atoms with Gasteiger partial charge in [0.1, 0.15) is 5.75 Å². The summed E-state index contributed by atoms with van der Waals surface area (Å²) in [5, 5.41) is 0. The van der Waals surface area contributed by atoms with Crippen LogP contribution in [0.5, 0.6) is 5.75 Å². The molecule has 1 fully saturated rings. The van der Waals surface area contributed by atoms with Crippen molar-refractivity contribution >= 4 is 23.4 Å². The minimum atomic E-state index is -0.401. The molecule has 0 aliphatic carbocycles. The Hall–Kier alpha value is -3.15. The van der Waals surface area contributed by atoms with Gasteiger partial charge >= 0.3 is 0 Å². The number of ether oxygens (including phenoxy) is 1. The fourth-order valence-corrected chi connectivity index (χ4v) is 4.10. The van der Waals surface area contributed by atoms with Crippen LogP contribution in [0.3, 0.4) is 0 Å². The maximum absolute atomic E-state index is 13.0. The van der Waals surface area contributed by atoms with Gasteiger partial charge in [-0.25, -0.2) is 4.90 Å². The van der Waals surface area contributed by atoms with Crippen molar-refractivity contribution in [3.63, 3.8) is 0 Å². The Morgan fingerprint density at radius 3 is 2.17 bits per heavy atom. The van der Waals surface area contributed by atoms with E-state index >= 15 is 0 Å². The van der Waals surface area contributed by atoms with E-state index in [4.69, 9.17) is 4.74 Å². The first-order valence-electron chi connectivity index (χ1n) is 10.6. The number of amides is 3. The van der Waals surface area contributed by atoms with Crippen molar-refractivity contribution in [2.75, 3.05) is 24.6 Å². The van der Waals surface area contributed by atoms with E-state index in [9.17, 15) is 14.4 Å². The maximum Gasteiger partial charge on any atom is 0.266 e. The lowest BCUT2D eigenvalue weighted by Crippen LogP contribution is -2.33. The van der Waals surface area contributed by atoms with Crippen molar-refractivity contribution < 1.29 is 19.1 Å². The lowest BCUT2D eigenvalue weighted by molar-refractivity contribution is 0.0742. The van der Waals surface area contributed by atoms with Gasteiger partial charge in [0.2, 0.25) is 0 Å². The van der Waals surface area contributed by atoms with Crippen LogP contribution in [-0.2, 0) is 0 Å². The number of anilines is 1. The number of rotatable bonds is 4. The van der Waals surface area contributed by atoms with E-state index in [1.54, 1.807) is 42.5 Å². The van der Waals surface area contributed by atoms with Crippen molar-refractivity contribution in [3.05, 3.63) is 59.2 Å². The third kappa shape index (κ3) is 3.82. The predicted octanol–water partition coefficient (Wildman–Crippen LogP) is 4.29. The Balaban J connectivity index is 1.57. The SMILES string of the molecule is CCOc1ccc(N2C(=O)c3ccc(C(=O)N4CCCCCCC4)cc3C2=O)cc1. The number of benzene rings is 2. The van der Waals surface area contributed by atoms with Crippen LogP contribution in [0.1, 0.15) is 70.1 Å². The summed E-state index contributed by atoms with van der Waals surface area (Å²) in [6.45, 7) is 3.91. The van der Waals surface area contributed by atoms with Crippen LogP contribution in [0, 0.1) is 0 Å². The van der Waals surface area contributed by atoms with Gasteiger partial charge in [-0.2, -0.15) is 0 Å². The molecule has 3 amide bonds. The fourth-order valence-electron chi connectivity index (χ4n) is 4.10. The van der Waals surface area contributed by atoms with Crippen LogP contribution in [0.15, 0.2) is 42.5 Å². The number of hydrogen-bond acceptors (Lipinski definition) is 4. The molecule has 6 heteroatoms. The zero-order valence-corrected chi connectivity index (χ0v) is 17.2. The summed E-state index contributed by atoms with van der Waals surface area (Å²) in [4.78, 5) is 41.9. The molecular weight excluding hydrogens is 380 g/mol. The first-order valence-corrected chi connectivity index (χ1v) is 10.6. The van der Waals surface area contributed by atoms with E-state index in [2.05, 4.69) is 0 Å². The highest BCUT2D eigenvalue weighted by Crippen LogP contribution is 2.30. The monoisotopic (exact) mass is 406 g/mol. The third-order valence-corrected chi connectivity index (χ3v) is 5.68. The number of imide groups is 1. The predicted molar refractivity (Wildman–Crippen MR) is 114 cm³/mol. The van der Waals surface area contributed by atoms with E-state index < -0.39 is 5.91 Å². The van der Waals surface area contributed by atoms with Gasteiger partial charge in [0.25, 0.3) is 17.7 Å². The molecule has 4 rings (SSSR count). The molecule has 0 spiro atoms. The number of fused-ring (bicyclic) bond motifs is 1. The number of hydrogen-bond donors (Lipinski definition) is 0. The van der Waals surface area contributed by atoms with Crippen molar-refractivity contribution in [2.45, 2.75) is 39.0 Å². The molecular formula is C24H26N2O4. The van der Waals surface area contributed by atoms with Gasteiger partial charge in [0, 0.05) is 18.7 Å². The molecule has 0 bridgehead atoms. The smallest absolute Gasteiger partial charge is 0.266 e. The van der Waals surface area contributed by atoms with E-state index in [0.717, 1.165) is 43.7 Å². The van der Waals surface area contributed by atoms with E-state index in [0.29, 0.717) is 29.2 Å². The zero-order chi connectivity index (χ0) is 21.1. The summed E-state index contributed by atoms with van der Waals surface area (Å²) in [5.74, 6) is -0.163. The molecule has 30 heavy (non-hydrogen) atoms. The molecule has 1 saturated heterocycles. The summed E-state index contributed by atoms with van der Waals surface area (Å²) in [6.07, 6.45) is 5.49. The fraction of sp³-hybridized carbons (Fsp3) is 0.375. The molecule has 6 nitrogen and oxygen atoms in total. The molecule has 2 aromatic rings. The van der Waals surface area contributed by atoms with Gasteiger partial charge in [-0.05, 0) is 62.2 Å². The summed E-state index contributed by atoms with van der Waals surface area (Å²) in [6, 6.07) is 11.7. The highest BCUT2D eigenvalue weighted by Gasteiger charge is 2.37. The topological polar surface area (TPSA) is 66.9 Å². The molecule has 2 aliphatic rings. The third-order valence-electron chi connectivity index (χ3n) is 5.68. The normalized spacial score (nSPS) is 16.8. The summed E-state index contributed by atoms with van der Waals surface area (Å²) >= 11 is 0. The molecule has 0 aromatic heterocycles. The molecule has 2 aliphatic heterocycles. The van der Waals surface area contributed by atoms with Crippen LogP contribution in [-0.4, -0.2) is 42.3 Å². The minimum Gasteiger partial charge on any atom is -0.494 e. The molecule has 0 radical (unpaired) electrons. The van der Waals surface area contributed by atoms with Crippen molar-refractivity contribution in [1.29, 1.82) is 0 Å². The molecule has 2 aromatic carbocycles. The Kier molecular flexibility index (Phi) is 5.84. The minimum absolute atomic E-state index is 0.0699. The Morgan fingerprint density at radius 2 is 1.50 bits per heavy atom. The average molecular weight is 406 g/mol. The maximum atomic E-state index is 13.0. The van der Waals surface area contributed by atoms with Gasteiger partial charge in [-0.1, -0.05) is 19.3 Å². The van der Waals surface area contributed by atoms with Crippen LogP contribution >= 0.6 is 0 Å². The molecule has 0 unspecified atom stereocenters. The second-order valence-electron chi connectivity index (χ2n) is 7.69. The van der Waals surface area contributed by atoms with Gasteiger partial charge in [0.15, 0.2) is 0 Å². The van der Waals surface area contributed by atoms with E-state index in [1.165, 1.54) is 6.42 Å². The zero-order valence-electron chi connectivity index (χ0n) is 17.2. The van der Waals surface area contributed by atoms with Crippen LogP contribution in [0.2, 0.25) is 0 Å². The summed E-state index contributed by atoms with van der Waals surface area (Å²) < 4.78 is 5.42. The van der Waals surface area contributed by atoms with E-state index in [1.807, 2.05) is 11.8 Å². The van der Waals surface area contributed by atoms with Crippen LogP contribution in [0.25, 0.3) is 0 Å². The standard InChI is InChI=1S/C24H26N2O4/c1-2-30-19-11-9-18(10-12-19)26-23(28)20-13-8-17(16-21(20)24(26)29)22(27)25-14-6-4-3-5-7-15-25/h8-13,16H,2-7,14-15H2,1H3. The quantitative estimate of drug-likeness (QED) is 0.711. The van der Waals surface area contributed by atoms with Gasteiger partial charge in [0.05, 0.1) is 23.4 Å². The van der Waals surface area contributed by atoms with Gasteiger partial charge in [-0.3, -0.25) is 14.4 Å².